The summed E-state index contributed by atoms with van der Waals surface area (Å²) in [4.78, 5) is 11.6. The maximum Gasteiger partial charge on any atom is 0.238 e. The molecule has 1 aliphatic heterocycles. The van der Waals surface area contributed by atoms with E-state index in [0.717, 1.165) is 0 Å². The summed E-state index contributed by atoms with van der Waals surface area (Å²) in [6.45, 7) is 1.70. The van der Waals surface area contributed by atoms with E-state index in [1.54, 1.807) is 12.1 Å². The Balaban J connectivity index is 0.00000180. The number of rotatable bonds is 4. The highest BCUT2D eigenvalue weighted by molar-refractivity contribution is 7.89. The maximum atomic E-state index is 11.6. The first-order valence-corrected chi connectivity index (χ1v) is 7.11. The van der Waals surface area contributed by atoms with Crippen LogP contribution in [-0.4, -0.2) is 27.4 Å². The minimum Gasteiger partial charge on any atom is -0.352 e. The van der Waals surface area contributed by atoms with Gasteiger partial charge in [0.05, 0.1) is 10.8 Å². The van der Waals surface area contributed by atoms with E-state index in [-0.39, 0.29) is 29.1 Å². The number of halogens is 1. The molecule has 0 spiro atoms. The van der Waals surface area contributed by atoms with Gasteiger partial charge in [-0.3, -0.25) is 4.79 Å². The van der Waals surface area contributed by atoms with Gasteiger partial charge >= 0.3 is 0 Å². The molecule has 0 saturated carbocycles. The van der Waals surface area contributed by atoms with E-state index in [2.05, 4.69) is 10.6 Å². The molecule has 0 aromatic heterocycles. The van der Waals surface area contributed by atoms with Gasteiger partial charge in [-0.25, -0.2) is 13.6 Å². The second-order valence-corrected chi connectivity index (χ2v) is 5.83. The third kappa shape index (κ3) is 4.17. The Hall–Kier alpha value is -1.15. The smallest absolute Gasteiger partial charge is 0.238 e. The van der Waals surface area contributed by atoms with Crippen molar-refractivity contribution >= 4 is 28.3 Å². The minimum absolute atomic E-state index is 0. The second-order valence-electron chi connectivity index (χ2n) is 4.27. The monoisotopic (exact) mass is 305 g/mol. The quantitative estimate of drug-likeness (QED) is 0.704. The maximum absolute atomic E-state index is 11.6. The summed E-state index contributed by atoms with van der Waals surface area (Å²) in [7, 11) is -3.70. The molecule has 8 heteroatoms. The molecule has 1 aromatic rings. The zero-order valence-corrected chi connectivity index (χ0v) is 11.8. The molecule has 0 aliphatic carbocycles. The predicted octanol–water partition coefficient (Wildman–Crippen LogP) is -0.409. The average molecular weight is 306 g/mol. The fourth-order valence-corrected chi connectivity index (χ4v) is 2.22. The molecular formula is C11H16ClN3O3S. The molecule has 0 radical (unpaired) electrons. The minimum atomic E-state index is -3.70. The van der Waals surface area contributed by atoms with Gasteiger partial charge in [0.2, 0.25) is 15.9 Å². The van der Waals surface area contributed by atoms with Crippen LogP contribution in [0.2, 0.25) is 0 Å². The van der Waals surface area contributed by atoms with Crippen LogP contribution in [0.3, 0.4) is 0 Å². The molecule has 1 amide bonds. The summed E-state index contributed by atoms with van der Waals surface area (Å²) in [6.07, 6.45) is 0. The summed E-state index contributed by atoms with van der Waals surface area (Å²) in [5.41, 5.74) is 0.710. The van der Waals surface area contributed by atoms with Gasteiger partial charge in [-0.2, -0.15) is 0 Å². The van der Waals surface area contributed by atoms with E-state index < -0.39 is 10.0 Å². The Kier molecular flexibility index (Phi) is 5.30. The van der Waals surface area contributed by atoms with Crippen molar-refractivity contribution in [1.82, 2.24) is 10.6 Å². The Bertz CT molecular complexity index is 558. The first-order chi connectivity index (χ1) is 8.47. The number of nitrogens with one attached hydrogen (secondary N) is 2. The zero-order chi connectivity index (χ0) is 13.2. The van der Waals surface area contributed by atoms with Gasteiger partial charge < -0.3 is 10.6 Å². The number of hydrogen-bond acceptors (Lipinski definition) is 4. The Morgan fingerprint density at radius 1 is 1.42 bits per heavy atom. The van der Waals surface area contributed by atoms with E-state index in [4.69, 9.17) is 5.14 Å². The van der Waals surface area contributed by atoms with Crippen LogP contribution < -0.4 is 15.8 Å². The van der Waals surface area contributed by atoms with E-state index in [1.807, 2.05) is 0 Å². The normalized spacial score (nSPS) is 15.2. The molecular weight excluding hydrogens is 290 g/mol. The van der Waals surface area contributed by atoms with Crippen molar-refractivity contribution in [2.45, 2.75) is 11.4 Å². The average Bonchev–Trinajstić information content (AvgIpc) is 2.23. The SMILES string of the molecule is Cl.NS(=O)(=O)c1cccc(CNC(=O)C2CNC2)c1. The molecule has 1 aromatic carbocycles. The lowest BCUT2D eigenvalue weighted by Gasteiger charge is -2.25. The van der Waals surface area contributed by atoms with Crippen LogP contribution in [0.1, 0.15) is 5.56 Å². The third-order valence-electron chi connectivity index (χ3n) is 2.85. The molecule has 19 heavy (non-hydrogen) atoms. The molecule has 0 unspecified atom stereocenters. The van der Waals surface area contributed by atoms with Crippen LogP contribution in [0, 0.1) is 5.92 Å². The van der Waals surface area contributed by atoms with Crippen LogP contribution in [0.15, 0.2) is 29.2 Å². The molecule has 2 rings (SSSR count). The van der Waals surface area contributed by atoms with E-state index in [1.165, 1.54) is 12.1 Å². The summed E-state index contributed by atoms with van der Waals surface area (Å²) >= 11 is 0. The van der Waals surface area contributed by atoms with E-state index >= 15 is 0 Å². The van der Waals surface area contributed by atoms with E-state index in [0.29, 0.717) is 25.2 Å². The first kappa shape index (κ1) is 15.9. The highest BCUT2D eigenvalue weighted by Gasteiger charge is 2.24. The van der Waals surface area contributed by atoms with Crippen LogP contribution >= 0.6 is 12.4 Å². The van der Waals surface area contributed by atoms with Gasteiger partial charge in [0, 0.05) is 19.6 Å². The molecule has 1 fully saturated rings. The molecule has 0 atom stereocenters. The van der Waals surface area contributed by atoms with Gasteiger partial charge in [-0.05, 0) is 17.7 Å². The molecule has 6 nitrogen and oxygen atoms in total. The van der Waals surface area contributed by atoms with E-state index in [9.17, 15) is 13.2 Å². The van der Waals surface area contributed by atoms with Gasteiger partial charge in [0.25, 0.3) is 0 Å². The van der Waals surface area contributed by atoms with Crippen LogP contribution in [0.25, 0.3) is 0 Å². The Labute approximate surface area is 118 Å². The summed E-state index contributed by atoms with van der Waals surface area (Å²) < 4.78 is 22.3. The lowest BCUT2D eigenvalue weighted by molar-refractivity contribution is -0.126. The molecule has 1 heterocycles. The number of amides is 1. The summed E-state index contributed by atoms with van der Waals surface area (Å²) in [5.74, 6) is 0.00109. The highest BCUT2D eigenvalue weighted by Crippen LogP contribution is 2.10. The van der Waals surface area contributed by atoms with Gasteiger partial charge in [0.1, 0.15) is 0 Å². The van der Waals surface area contributed by atoms with Gasteiger partial charge in [-0.15, -0.1) is 12.4 Å². The Morgan fingerprint density at radius 3 is 2.63 bits per heavy atom. The van der Waals surface area contributed by atoms with Crippen molar-refractivity contribution in [2.75, 3.05) is 13.1 Å². The molecule has 1 aliphatic rings. The zero-order valence-electron chi connectivity index (χ0n) is 10.1. The van der Waals surface area contributed by atoms with Crippen LogP contribution in [0.5, 0.6) is 0 Å². The third-order valence-corrected chi connectivity index (χ3v) is 3.76. The Morgan fingerprint density at radius 2 is 2.11 bits per heavy atom. The molecule has 1 saturated heterocycles. The van der Waals surface area contributed by atoms with Crippen LogP contribution in [0.4, 0.5) is 0 Å². The second kappa shape index (κ2) is 6.33. The van der Waals surface area contributed by atoms with Crippen LogP contribution in [-0.2, 0) is 21.4 Å². The fourth-order valence-electron chi connectivity index (χ4n) is 1.64. The standard InChI is InChI=1S/C11H15N3O3S.ClH/c12-18(16,17)10-3-1-2-8(4-10)5-14-11(15)9-6-13-7-9;/h1-4,9,13H,5-7H2,(H,14,15)(H2,12,16,17);1H. The van der Waals surface area contributed by atoms with Crippen molar-refractivity contribution in [1.29, 1.82) is 0 Å². The lowest BCUT2D eigenvalue weighted by atomic mass is 10.0. The number of primary sulfonamides is 1. The van der Waals surface area contributed by atoms with Crippen molar-refractivity contribution in [3.63, 3.8) is 0 Å². The molecule has 106 valence electrons. The van der Waals surface area contributed by atoms with Crippen molar-refractivity contribution < 1.29 is 13.2 Å². The summed E-state index contributed by atoms with van der Waals surface area (Å²) in [6, 6.07) is 6.24. The number of sulfonamides is 1. The fraction of sp³-hybridized carbons (Fsp3) is 0.364. The van der Waals surface area contributed by atoms with Crippen molar-refractivity contribution in [2.24, 2.45) is 11.1 Å². The summed E-state index contributed by atoms with van der Waals surface area (Å²) in [5, 5.41) is 10.8. The van der Waals surface area contributed by atoms with Crippen molar-refractivity contribution in [3.05, 3.63) is 29.8 Å². The number of nitrogens with two attached hydrogens (primary N) is 1. The first-order valence-electron chi connectivity index (χ1n) is 5.57. The number of benzene rings is 1. The highest BCUT2D eigenvalue weighted by atomic mass is 35.5. The lowest BCUT2D eigenvalue weighted by Crippen LogP contribution is -2.50. The topological polar surface area (TPSA) is 101 Å². The predicted molar refractivity (Wildman–Crippen MR) is 73.3 cm³/mol. The van der Waals surface area contributed by atoms with Gasteiger partial charge in [-0.1, -0.05) is 12.1 Å². The van der Waals surface area contributed by atoms with Crippen molar-refractivity contribution in [3.8, 4) is 0 Å². The molecule has 4 N–H and O–H groups in total. The van der Waals surface area contributed by atoms with Gasteiger partial charge in [0.15, 0.2) is 0 Å². The molecule has 0 bridgehead atoms. The largest absolute Gasteiger partial charge is 0.352 e. The number of carbonyl (C=O) groups is 1. The number of carbonyl (C=O) groups excluding carboxylic acids is 1. The number of hydrogen-bond donors (Lipinski definition) is 3.